The molecule has 8 nitrogen and oxygen atoms in total. The van der Waals surface area contributed by atoms with E-state index in [9.17, 15) is 0 Å². The molecule has 1 aromatic carbocycles. The van der Waals surface area contributed by atoms with Crippen LogP contribution in [-0.2, 0) is 13.1 Å². The average molecular weight is 437 g/mol. The average Bonchev–Trinajstić information content (AvgIpc) is 2.87. The largest absolute Gasteiger partial charge is 0.352 e. The highest BCUT2D eigenvalue weighted by Gasteiger charge is 2.21. The number of guanidine groups is 1. The van der Waals surface area contributed by atoms with E-state index >= 15 is 0 Å². The van der Waals surface area contributed by atoms with E-state index in [1.54, 1.807) is 12.4 Å². The number of hydrogen-bond donors (Lipinski definition) is 1. The number of benzene rings is 1. The van der Waals surface area contributed by atoms with Crippen LogP contribution in [0.2, 0.25) is 0 Å². The Morgan fingerprint density at radius 3 is 2.19 bits per heavy atom. The summed E-state index contributed by atoms with van der Waals surface area (Å²) in [6, 6.07) is 10.7. The number of aliphatic imine (C=N–C) groups is 1. The molecule has 3 heterocycles. The Bertz CT molecular complexity index is 855. The van der Waals surface area contributed by atoms with Crippen molar-refractivity contribution in [1.29, 1.82) is 0 Å². The Morgan fingerprint density at radius 1 is 0.875 bits per heavy atom. The summed E-state index contributed by atoms with van der Waals surface area (Å²) in [7, 11) is 1.87. The number of hydrogen-bond acceptors (Lipinski definition) is 6. The van der Waals surface area contributed by atoms with Gasteiger partial charge in [0.15, 0.2) is 5.96 Å². The van der Waals surface area contributed by atoms with E-state index < -0.39 is 0 Å². The molecule has 2 saturated heterocycles. The fraction of sp³-hybridized carbons (Fsp3) is 0.542. The van der Waals surface area contributed by atoms with Gasteiger partial charge in [-0.1, -0.05) is 31.2 Å². The third kappa shape index (κ3) is 5.75. The maximum absolute atomic E-state index is 4.55. The second kappa shape index (κ2) is 11.2. The van der Waals surface area contributed by atoms with Crippen LogP contribution in [0.1, 0.15) is 18.1 Å². The molecule has 0 amide bonds. The molecule has 0 radical (unpaired) electrons. The van der Waals surface area contributed by atoms with Gasteiger partial charge in [0.2, 0.25) is 5.95 Å². The van der Waals surface area contributed by atoms with Crippen LogP contribution < -0.4 is 10.2 Å². The van der Waals surface area contributed by atoms with Crippen LogP contribution in [0.3, 0.4) is 0 Å². The van der Waals surface area contributed by atoms with Gasteiger partial charge in [-0.2, -0.15) is 0 Å². The number of piperazine rings is 2. The summed E-state index contributed by atoms with van der Waals surface area (Å²) in [5.41, 5.74) is 2.76. The van der Waals surface area contributed by atoms with Gasteiger partial charge in [-0.25, -0.2) is 9.97 Å². The monoisotopic (exact) mass is 436 g/mol. The van der Waals surface area contributed by atoms with E-state index in [0.29, 0.717) is 0 Å². The zero-order chi connectivity index (χ0) is 22.2. The molecule has 0 aliphatic carbocycles. The minimum Gasteiger partial charge on any atom is -0.352 e. The number of rotatable bonds is 6. The smallest absolute Gasteiger partial charge is 0.225 e. The maximum Gasteiger partial charge on any atom is 0.225 e. The first-order chi connectivity index (χ1) is 15.8. The number of nitrogens with one attached hydrogen (secondary N) is 1. The summed E-state index contributed by atoms with van der Waals surface area (Å²) in [5, 5.41) is 3.60. The fourth-order valence-corrected chi connectivity index (χ4v) is 4.47. The Balaban J connectivity index is 1.30. The highest BCUT2D eigenvalue weighted by molar-refractivity contribution is 5.80. The normalized spacial score (nSPS) is 18.8. The predicted molar refractivity (Wildman–Crippen MR) is 130 cm³/mol. The van der Waals surface area contributed by atoms with E-state index in [1.165, 1.54) is 24.2 Å². The highest BCUT2D eigenvalue weighted by Crippen LogP contribution is 2.14. The van der Waals surface area contributed by atoms with Crippen molar-refractivity contribution in [3.8, 4) is 0 Å². The van der Waals surface area contributed by atoms with Crippen molar-refractivity contribution in [3.63, 3.8) is 0 Å². The first kappa shape index (κ1) is 22.5. The van der Waals surface area contributed by atoms with Crippen LogP contribution >= 0.6 is 0 Å². The van der Waals surface area contributed by atoms with E-state index in [0.717, 1.165) is 70.8 Å². The maximum atomic E-state index is 4.55. The summed E-state index contributed by atoms with van der Waals surface area (Å²) in [4.78, 5) is 23.0. The molecule has 1 N–H and O–H groups in total. The molecule has 0 saturated carbocycles. The van der Waals surface area contributed by atoms with Crippen molar-refractivity contribution in [3.05, 3.63) is 53.9 Å². The standard InChI is InChI=1S/C24H36N8/c1-3-29-11-13-30(14-12-29)20-22-8-5-4-7-21(22)19-28-23(25-2)31-15-17-32(18-16-31)24-26-9-6-10-27-24/h4-10H,3,11-20H2,1-2H3,(H,25,28). The molecule has 2 fully saturated rings. The van der Waals surface area contributed by atoms with Gasteiger partial charge in [0.05, 0.1) is 0 Å². The van der Waals surface area contributed by atoms with Gasteiger partial charge in [0, 0.05) is 84.9 Å². The number of anilines is 1. The molecule has 2 aliphatic rings. The summed E-state index contributed by atoms with van der Waals surface area (Å²) >= 11 is 0. The van der Waals surface area contributed by atoms with E-state index in [4.69, 9.17) is 0 Å². The highest BCUT2D eigenvalue weighted by atomic mass is 15.4. The van der Waals surface area contributed by atoms with Crippen LogP contribution in [0.4, 0.5) is 5.95 Å². The molecule has 0 spiro atoms. The van der Waals surface area contributed by atoms with E-state index in [1.807, 2.05) is 13.1 Å². The minimum absolute atomic E-state index is 0.791. The quantitative estimate of drug-likeness (QED) is 0.544. The van der Waals surface area contributed by atoms with Crippen LogP contribution in [0.5, 0.6) is 0 Å². The SMILES string of the molecule is CCN1CCN(Cc2ccccc2CNC(=NC)N2CCN(c3ncccn3)CC2)CC1. The zero-order valence-corrected chi connectivity index (χ0v) is 19.5. The molecular weight excluding hydrogens is 400 g/mol. The first-order valence-electron chi connectivity index (χ1n) is 11.8. The van der Waals surface area contributed by atoms with Crippen molar-refractivity contribution in [2.45, 2.75) is 20.0 Å². The molecule has 0 atom stereocenters. The predicted octanol–water partition coefficient (Wildman–Crippen LogP) is 1.51. The summed E-state index contributed by atoms with van der Waals surface area (Å²) in [6.07, 6.45) is 3.60. The second-order valence-corrected chi connectivity index (χ2v) is 8.40. The van der Waals surface area contributed by atoms with Crippen molar-refractivity contribution < 1.29 is 0 Å². The number of likely N-dealkylation sites (N-methyl/N-ethyl adjacent to an activating group) is 1. The Labute approximate surface area is 192 Å². The summed E-state index contributed by atoms with van der Waals surface area (Å²) in [5.74, 6) is 1.77. The first-order valence-corrected chi connectivity index (χ1v) is 11.8. The van der Waals surface area contributed by atoms with Crippen molar-refractivity contribution in [1.82, 2.24) is 30.0 Å². The zero-order valence-electron chi connectivity index (χ0n) is 19.5. The lowest BCUT2D eigenvalue weighted by molar-refractivity contribution is 0.131. The minimum atomic E-state index is 0.791. The summed E-state index contributed by atoms with van der Waals surface area (Å²) in [6.45, 7) is 13.4. The molecule has 4 rings (SSSR count). The van der Waals surface area contributed by atoms with Gasteiger partial charge in [0.25, 0.3) is 0 Å². The fourth-order valence-electron chi connectivity index (χ4n) is 4.47. The van der Waals surface area contributed by atoms with Gasteiger partial charge in [0.1, 0.15) is 0 Å². The molecule has 1 aromatic heterocycles. The Hall–Kier alpha value is -2.71. The van der Waals surface area contributed by atoms with Crippen LogP contribution in [0.25, 0.3) is 0 Å². The molecule has 8 heteroatoms. The topological polar surface area (TPSA) is 63.1 Å². The van der Waals surface area contributed by atoms with Gasteiger partial charge < -0.3 is 20.0 Å². The molecule has 172 valence electrons. The van der Waals surface area contributed by atoms with E-state index in [-0.39, 0.29) is 0 Å². The lowest BCUT2D eigenvalue weighted by Crippen LogP contribution is -2.52. The van der Waals surface area contributed by atoms with E-state index in [2.05, 4.69) is 71.1 Å². The van der Waals surface area contributed by atoms with Crippen molar-refractivity contribution in [2.24, 2.45) is 4.99 Å². The molecule has 0 bridgehead atoms. The Morgan fingerprint density at radius 2 is 1.53 bits per heavy atom. The molecule has 0 unspecified atom stereocenters. The number of aromatic nitrogens is 2. The van der Waals surface area contributed by atoms with Crippen LogP contribution in [0, 0.1) is 0 Å². The van der Waals surface area contributed by atoms with Gasteiger partial charge >= 0.3 is 0 Å². The molecule has 2 aromatic rings. The molecular formula is C24H36N8. The third-order valence-electron chi connectivity index (χ3n) is 6.49. The third-order valence-corrected chi connectivity index (χ3v) is 6.49. The lowest BCUT2D eigenvalue weighted by Gasteiger charge is -2.36. The van der Waals surface area contributed by atoms with Gasteiger partial charge in [-0.05, 0) is 23.7 Å². The van der Waals surface area contributed by atoms with Crippen molar-refractivity contribution >= 4 is 11.9 Å². The van der Waals surface area contributed by atoms with Crippen LogP contribution in [-0.4, -0.2) is 96.6 Å². The second-order valence-electron chi connectivity index (χ2n) is 8.40. The molecule has 2 aliphatic heterocycles. The van der Waals surface area contributed by atoms with Gasteiger partial charge in [-0.15, -0.1) is 0 Å². The summed E-state index contributed by atoms with van der Waals surface area (Å²) < 4.78 is 0. The van der Waals surface area contributed by atoms with Crippen molar-refractivity contribution in [2.75, 3.05) is 70.9 Å². The lowest BCUT2D eigenvalue weighted by atomic mass is 10.1. The number of nitrogens with zero attached hydrogens (tertiary/aromatic N) is 7. The Kier molecular flexibility index (Phi) is 7.90. The van der Waals surface area contributed by atoms with Crippen LogP contribution in [0.15, 0.2) is 47.7 Å². The molecule has 32 heavy (non-hydrogen) atoms. The van der Waals surface area contributed by atoms with Gasteiger partial charge in [-0.3, -0.25) is 9.89 Å².